The number of rotatable bonds is 7. The van der Waals surface area contributed by atoms with Crippen LogP contribution in [0.4, 0.5) is 11.4 Å². The number of aliphatic hydroxyl groups is 1. The van der Waals surface area contributed by atoms with Crippen LogP contribution in [0.3, 0.4) is 0 Å². The van der Waals surface area contributed by atoms with E-state index in [2.05, 4.69) is 22.3 Å². The Balaban J connectivity index is 1.59. The van der Waals surface area contributed by atoms with Crippen molar-refractivity contribution in [1.29, 1.82) is 0 Å². The maximum absolute atomic E-state index is 11.4. The van der Waals surface area contributed by atoms with Gasteiger partial charge in [-0.15, -0.1) is 0 Å². The molecule has 7 heteroatoms. The molecule has 0 aliphatic carbocycles. The number of Topliss-reactive ketones (excluding diaryl/α,β-unsaturated/α-hetero) is 1. The van der Waals surface area contributed by atoms with E-state index in [1.54, 1.807) is 6.07 Å². The molecule has 0 radical (unpaired) electrons. The van der Waals surface area contributed by atoms with Gasteiger partial charge in [0.25, 0.3) is 5.69 Å². The largest absolute Gasteiger partial charge is 0.390 e. The first kappa shape index (κ1) is 19.0. The van der Waals surface area contributed by atoms with Crippen LogP contribution in [0.25, 0.3) is 0 Å². The summed E-state index contributed by atoms with van der Waals surface area (Å²) in [4.78, 5) is 24.3. The monoisotopic (exact) mass is 369 g/mol. The number of carbonyl (C=O) groups excluding carboxylic acids is 1. The number of hydrogen-bond acceptors (Lipinski definition) is 6. The number of carbonyl (C=O) groups is 1. The molecule has 0 saturated carbocycles. The maximum Gasteiger partial charge on any atom is 0.293 e. The van der Waals surface area contributed by atoms with Crippen molar-refractivity contribution in [2.75, 3.05) is 25.0 Å². The Morgan fingerprint density at radius 1 is 1.30 bits per heavy atom. The van der Waals surface area contributed by atoms with Gasteiger partial charge >= 0.3 is 0 Å². The fourth-order valence-electron chi connectivity index (χ4n) is 3.35. The van der Waals surface area contributed by atoms with Crippen LogP contribution in [0.1, 0.15) is 28.4 Å². The summed E-state index contributed by atoms with van der Waals surface area (Å²) in [7, 11) is 0. The van der Waals surface area contributed by atoms with Gasteiger partial charge in [0.15, 0.2) is 5.78 Å². The number of hydrogen-bond donors (Lipinski definition) is 2. The molecule has 2 N–H and O–H groups in total. The SMILES string of the molecule is CC(=O)c1ccc(NCC(O)CN2CCc3ccccc3C2)c([N+](=O)[O-])c1. The molecule has 0 spiro atoms. The van der Waals surface area contributed by atoms with Crippen molar-refractivity contribution in [2.45, 2.75) is 26.0 Å². The van der Waals surface area contributed by atoms with Gasteiger partial charge in [0.2, 0.25) is 0 Å². The van der Waals surface area contributed by atoms with E-state index < -0.39 is 11.0 Å². The molecule has 3 rings (SSSR count). The molecule has 1 unspecified atom stereocenters. The lowest BCUT2D eigenvalue weighted by Crippen LogP contribution is -2.39. The van der Waals surface area contributed by atoms with Crippen LogP contribution in [-0.4, -0.2) is 46.5 Å². The Kier molecular flexibility index (Phi) is 5.83. The average Bonchev–Trinajstić information content (AvgIpc) is 2.66. The molecular formula is C20H23N3O4. The highest BCUT2D eigenvalue weighted by Gasteiger charge is 2.20. The minimum atomic E-state index is -0.664. The first-order valence-corrected chi connectivity index (χ1v) is 8.94. The van der Waals surface area contributed by atoms with E-state index in [1.807, 2.05) is 12.1 Å². The highest BCUT2D eigenvalue weighted by atomic mass is 16.6. The molecule has 142 valence electrons. The third-order valence-corrected chi connectivity index (χ3v) is 4.81. The molecule has 0 saturated heterocycles. The number of aliphatic hydroxyl groups excluding tert-OH is 1. The molecule has 0 fully saturated rings. The van der Waals surface area contributed by atoms with Gasteiger partial charge in [-0.1, -0.05) is 24.3 Å². The lowest BCUT2D eigenvalue weighted by Gasteiger charge is -2.30. The van der Waals surface area contributed by atoms with E-state index in [4.69, 9.17) is 0 Å². The molecule has 1 heterocycles. The van der Waals surface area contributed by atoms with E-state index in [9.17, 15) is 20.0 Å². The molecule has 2 aromatic carbocycles. The lowest BCUT2D eigenvalue weighted by atomic mass is 10.00. The molecular weight excluding hydrogens is 346 g/mol. The smallest absolute Gasteiger partial charge is 0.293 e. The van der Waals surface area contributed by atoms with Gasteiger partial charge in [-0.3, -0.25) is 19.8 Å². The molecule has 0 amide bonds. The van der Waals surface area contributed by atoms with Gasteiger partial charge < -0.3 is 10.4 Å². The lowest BCUT2D eigenvalue weighted by molar-refractivity contribution is -0.384. The third-order valence-electron chi connectivity index (χ3n) is 4.81. The van der Waals surface area contributed by atoms with Gasteiger partial charge in [0.1, 0.15) is 5.69 Å². The topological polar surface area (TPSA) is 95.7 Å². The van der Waals surface area contributed by atoms with Gasteiger partial charge in [0.05, 0.1) is 11.0 Å². The summed E-state index contributed by atoms with van der Waals surface area (Å²) in [5.41, 5.74) is 3.05. The van der Waals surface area contributed by atoms with Crippen LogP contribution in [0.2, 0.25) is 0 Å². The Hall–Kier alpha value is -2.77. The van der Waals surface area contributed by atoms with Crippen LogP contribution < -0.4 is 5.32 Å². The summed E-state index contributed by atoms with van der Waals surface area (Å²) in [6.07, 6.45) is 0.288. The Morgan fingerprint density at radius 2 is 2.04 bits per heavy atom. The molecule has 1 aliphatic heterocycles. The van der Waals surface area contributed by atoms with E-state index in [0.29, 0.717) is 17.8 Å². The first-order chi connectivity index (χ1) is 12.9. The first-order valence-electron chi connectivity index (χ1n) is 8.94. The number of nitro groups is 1. The second-order valence-corrected chi connectivity index (χ2v) is 6.83. The van der Waals surface area contributed by atoms with E-state index in [1.165, 1.54) is 30.2 Å². The summed E-state index contributed by atoms with van der Waals surface area (Å²) in [5, 5.41) is 24.6. The van der Waals surface area contributed by atoms with Crippen LogP contribution in [0, 0.1) is 10.1 Å². The summed E-state index contributed by atoms with van der Waals surface area (Å²) < 4.78 is 0. The minimum absolute atomic E-state index is 0.165. The molecule has 1 aliphatic rings. The van der Waals surface area contributed by atoms with Gasteiger partial charge in [-0.2, -0.15) is 0 Å². The number of nitro benzene ring substituents is 1. The normalized spacial score (nSPS) is 15.0. The number of nitrogens with one attached hydrogen (secondary N) is 1. The van der Waals surface area contributed by atoms with Crippen LogP contribution in [0.5, 0.6) is 0 Å². The summed E-state index contributed by atoms with van der Waals surface area (Å²) in [5.74, 6) is -0.227. The number of β-amino-alcohol motifs (C(OH)–C–C–N with tert-alkyl or cyclic N) is 1. The predicted octanol–water partition coefficient (Wildman–Crippen LogP) is 2.63. The van der Waals surface area contributed by atoms with Gasteiger partial charge in [0, 0.05) is 37.8 Å². The van der Waals surface area contributed by atoms with E-state index in [-0.39, 0.29) is 18.0 Å². The zero-order valence-corrected chi connectivity index (χ0v) is 15.2. The van der Waals surface area contributed by atoms with Crippen molar-refractivity contribution in [3.05, 3.63) is 69.3 Å². The molecule has 2 aromatic rings. The Bertz CT molecular complexity index is 853. The van der Waals surface area contributed by atoms with Crippen molar-refractivity contribution in [3.8, 4) is 0 Å². The molecule has 7 nitrogen and oxygen atoms in total. The summed E-state index contributed by atoms with van der Waals surface area (Å²) in [6, 6.07) is 12.6. The summed E-state index contributed by atoms with van der Waals surface area (Å²) >= 11 is 0. The van der Waals surface area contributed by atoms with Crippen LogP contribution in [0.15, 0.2) is 42.5 Å². The zero-order valence-electron chi connectivity index (χ0n) is 15.2. The second kappa shape index (κ2) is 8.28. The van der Waals surface area contributed by atoms with Gasteiger partial charge in [-0.05, 0) is 36.6 Å². The van der Waals surface area contributed by atoms with E-state index >= 15 is 0 Å². The van der Waals surface area contributed by atoms with Crippen molar-refractivity contribution < 1.29 is 14.8 Å². The predicted molar refractivity (Wildman–Crippen MR) is 103 cm³/mol. The van der Waals surface area contributed by atoms with E-state index in [0.717, 1.165) is 19.5 Å². The molecule has 0 bridgehead atoms. The van der Waals surface area contributed by atoms with Gasteiger partial charge in [-0.25, -0.2) is 0 Å². The van der Waals surface area contributed by atoms with Crippen LogP contribution in [-0.2, 0) is 13.0 Å². The highest BCUT2D eigenvalue weighted by molar-refractivity contribution is 5.95. The second-order valence-electron chi connectivity index (χ2n) is 6.83. The highest BCUT2D eigenvalue weighted by Crippen LogP contribution is 2.26. The van der Waals surface area contributed by atoms with Crippen molar-refractivity contribution in [1.82, 2.24) is 4.90 Å². The minimum Gasteiger partial charge on any atom is -0.390 e. The Morgan fingerprint density at radius 3 is 2.74 bits per heavy atom. The van der Waals surface area contributed by atoms with Crippen molar-refractivity contribution >= 4 is 17.2 Å². The number of anilines is 1. The fraction of sp³-hybridized carbons (Fsp3) is 0.350. The average molecular weight is 369 g/mol. The molecule has 1 atom stereocenters. The zero-order chi connectivity index (χ0) is 19.4. The molecule has 0 aromatic heterocycles. The Labute approximate surface area is 157 Å². The van der Waals surface area contributed by atoms with Crippen molar-refractivity contribution in [3.63, 3.8) is 0 Å². The number of nitrogens with zero attached hydrogens (tertiary/aromatic N) is 2. The summed E-state index contributed by atoms with van der Waals surface area (Å²) in [6.45, 7) is 3.72. The number of fused-ring (bicyclic) bond motifs is 1. The number of ketones is 1. The quantitative estimate of drug-likeness (QED) is 0.442. The standard InChI is InChI=1S/C20H23N3O4/c1-14(24)16-6-7-19(20(10-16)23(26)27)21-11-18(25)13-22-9-8-15-4-2-3-5-17(15)12-22/h2-7,10,18,21,25H,8-9,11-13H2,1H3. The van der Waals surface area contributed by atoms with Crippen molar-refractivity contribution in [2.24, 2.45) is 0 Å². The number of benzene rings is 2. The van der Waals surface area contributed by atoms with Crippen LogP contribution >= 0.6 is 0 Å². The third kappa shape index (κ3) is 4.69. The molecule has 27 heavy (non-hydrogen) atoms. The fourth-order valence-corrected chi connectivity index (χ4v) is 3.35. The maximum atomic E-state index is 11.4.